The van der Waals surface area contributed by atoms with Crippen molar-refractivity contribution < 1.29 is 4.79 Å². The summed E-state index contributed by atoms with van der Waals surface area (Å²) in [5.74, 6) is 0.702. The molecule has 0 saturated carbocycles. The zero-order valence-electron chi connectivity index (χ0n) is 14.1. The fourth-order valence-electron chi connectivity index (χ4n) is 3.57. The molecule has 1 aliphatic heterocycles. The summed E-state index contributed by atoms with van der Waals surface area (Å²) < 4.78 is 1.57. The molecular weight excluding hydrogens is 336 g/mol. The largest absolute Gasteiger partial charge is 0.340 e. The SMILES string of the molecule is O=C(CC1C=CCC1)N1CCN(Cc2cc(=O)n3ccsc3n2)CC1. The van der Waals surface area contributed by atoms with Crippen molar-refractivity contribution in [3.63, 3.8) is 0 Å². The number of hydrogen-bond acceptors (Lipinski definition) is 5. The van der Waals surface area contributed by atoms with E-state index >= 15 is 0 Å². The summed E-state index contributed by atoms with van der Waals surface area (Å²) in [5.41, 5.74) is 0.781. The Bertz CT molecular complexity index is 848. The molecule has 0 spiro atoms. The van der Waals surface area contributed by atoms with Gasteiger partial charge in [0.25, 0.3) is 5.56 Å². The van der Waals surface area contributed by atoms with Crippen LogP contribution in [0.5, 0.6) is 0 Å². The summed E-state index contributed by atoms with van der Waals surface area (Å²) in [6, 6.07) is 1.61. The molecule has 0 N–H and O–H groups in total. The quantitative estimate of drug-likeness (QED) is 0.782. The Balaban J connectivity index is 1.32. The summed E-state index contributed by atoms with van der Waals surface area (Å²) >= 11 is 1.47. The summed E-state index contributed by atoms with van der Waals surface area (Å²) in [4.78, 5) is 34.0. The molecule has 0 aromatic carbocycles. The van der Waals surface area contributed by atoms with Crippen molar-refractivity contribution >= 4 is 22.2 Å². The standard InChI is InChI=1S/C18H22N4O2S/c23-16(11-14-3-1-2-4-14)21-7-5-20(6-8-21)13-15-12-17(24)22-9-10-25-18(22)19-15/h1,3,9-10,12,14H,2,4-8,11,13H2. The minimum Gasteiger partial charge on any atom is -0.340 e. The highest BCUT2D eigenvalue weighted by Crippen LogP contribution is 2.21. The Morgan fingerprint density at radius 3 is 2.88 bits per heavy atom. The number of aromatic nitrogens is 2. The first-order valence-corrected chi connectivity index (χ1v) is 9.69. The molecule has 2 aliphatic rings. The molecule has 1 saturated heterocycles. The van der Waals surface area contributed by atoms with E-state index in [0.717, 1.165) is 49.7 Å². The van der Waals surface area contributed by atoms with Crippen LogP contribution in [0.1, 0.15) is 25.0 Å². The summed E-state index contributed by atoms with van der Waals surface area (Å²) in [6.07, 6.45) is 8.97. The van der Waals surface area contributed by atoms with Crippen molar-refractivity contribution in [3.05, 3.63) is 45.8 Å². The maximum atomic E-state index is 12.4. The van der Waals surface area contributed by atoms with Crippen LogP contribution in [0.4, 0.5) is 0 Å². The van der Waals surface area contributed by atoms with Gasteiger partial charge >= 0.3 is 0 Å². The lowest BCUT2D eigenvalue weighted by molar-refractivity contribution is -0.133. The average Bonchev–Trinajstić information content (AvgIpc) is 3.27. The van der Waals surface area contributed by atoms with E-state index in [0.29, 0.717) is 18.9 Å². The van der Waals surface area contributed by atoms with Crippen molar-refractivity contribution in [1.82, 2.24) is 19.2 Å². The van der Waals surface area contributed by atoms with Crippen LogP contribution in [0.15, 0.2) is 34.6 Å². The molecular formula is C18H22N4O2S. The molecule has 2 aromatic heterocycles. The number of allylic oxidation sites excluding steroid dienone is 2. The monoisotopic (exact) mass is 358 g/mol. The Hall–Kier alpha value is -1.99. The number of piperazine rings is 1. The van der Waals surface area contributed by atoms with E-state index in [2.05, 4.69) is 22.0 Å². The van der Waals surface area contributed by atoms with Gasteiger partial charge in [-0.2, -0.15) is 0 Å². The van der Waals surface area contributed by atoms with Crippen LogP contribution < -0.4 is 5.56 Å². The molecule has 0 bridgehead atoms. The van der Waals surface area contributed by atoms with Gasteiger partial charge in [-0.3, -0.25) is 18.9 Å². The first kappa shape index (κ1) is 16.5. The Kier molecular flexibility index (Phi) is 4.67. The van der Waals surface area contributed by atoms with Crippen LogP contribution in [0, 0.1) is 5.92 Å². The third kappa shape index (κ3) is 3.67. The lowest BCUT2D eigenvalue weighted by atomic mass is 10.0. The van der Waals surface area contributed by atoms with Crippen LogP contribution in [0.25, 0.3) is 4.96 Å². The van der Waals surface area contributed by atoms with Crippen molar-refractivity contribution in [1.29, 1.82) is 0 Å². The molecule has 7 heteroatoms. The molecule has 1 fully saturated rings. The lowest BCUT2D eigenvalue weighted by Gasteiger charge is -2.35. The zero-order chi connectivity index (χ0) is 17.2. The highest BCUT2D eigenvalue weighted by Gasteiger charge is 2.24. The number of thiazole rings is 1. The third-order valence-corrected chi connectivity index (χ3v) is 5.77. The number of fused-ring (bicyclic) bond motifs is 1. The van der Waals surface area contributed by atoms with Crippen LogP contribution in [-0.4, -0.2) is 51.3 Å². The normalized spacial score (nSPS) is 21.3. The van der Waals surface area contributed by atoms with E-state index in [4.69, 9.17) is 0 Å². The number of amides is 1. The molecule has 2 aromatic rings. The van der Waals surface area contributed by atoms with Crippen LogP contribution in [0.3, 0.4) is 0 Å². The van der Waals surface area contributed by atoms with E-state index in [1.54, 1.807) is 16.7 Å². The Morgan fingerprint density at radius 2 is 2.12 bits per heavy atom. The van der Waals surface area contributed by atoms with Gasteiger partial charge < -0.3 is 4.90 Å². The molecule has 0 radical (unpaired) electrons. The van der Waals surface area contributed by atoms with Gasteiger partial charge in [-0.1, -0.05) is 12.2 Å². The van der Waals surface area contributed by atoms with Gasteiger partial charge in [-0.25, -0.2) is 4.98 Å². The maximum absolute atomic E-state index is 12.4. The van der Waals surface area contributed by atoms with Crippen LogP contribution in [-0.2, 0) is 11.3 Å². The predicted molar refractivity (Wildman–Crippen MR) is 97.7 cm³/mol. The molecule has 132 valence electrons. The second-order valence-corrected chi connectivity index (χ2v) is 7.64. The molecule has 1 amide bonds. The van der Waals surface area contributed by atoms with Crippen molar-refractivity contribution in [2.45, 2.75) is 25.8 Å². The van der Waals surface area contributed by atoms with Crippen molar-refractivity contribution in [2.24, 2.45) is 5.92 Å². The van der Waals surface area contributed by atoms with E-state index < -0.39 is 0 Å². The average molecular weight is 358 g/mol. The maximum Gasteiger partial charge on any atom is 0.258 e. The highest BCUT2D eigenvalue weighted by molar-refractivity contribution is 7.15. The fraction of sp³-hybridized carbons (Fsp3) is 0.500. The van der Waals surface area contributed by atoms with Gasteiger partial charge in [-0.05, 0) is 18.8 Å². The third-order valence-electron chi connectivity index (χ3n) is 5.02. The number of hydrogen-bond donors (Lipinski definition) is 0. The summed E-state index contributed by atoms with van der Waals surface area (Å²) in [6.45, 7) is 3.84. The van der Waals surface area contributed by atoms with Gasteiger partial charge in [-0.15, -0.1) is 11.3 Å². The number of carbonyl (C=O) groups excluding carboxylic acids is 1. The summed E-state index contributed by atoms with van der Waals surface area (Å²) in [7, 11) is 0. The van der Waals surface area contributed by atoms with E-state index in [1.807, 2.05) is 10.3 Å². The number of nitrogens with zero attached hydrogens (tertiary/aromatic N) is 4. The highest BCUT2D eigenvalue weighted by atomic mass is 32.1. The fourth-order valence-corrected chi connectivity index (χ4v) is 4.31. The zero-order valence-corrected chi connectivity index (χ0v) is 15.0. The second-order valence-electron chi connectivity index (χ2n) is 6.77. The molecule has 6 nitrogen and oxygen atoms in total. The van der Waals surface area contributed by atoms with Crippen molar-refractivity contribution in [3.8, 4) is 0 Å². The van der Waals surface area contributed by atoms with Gasteiger partial charge in [0.1, 0.15) is 0 Å². The van der Waals surface area contributed by atoms with E-state index in [1.165, 1.54) is 11.3 Å². The molecule has 25 heavy (non-hydrogen) atoms. The molecule has 3 heterocycles. The molecule has 4 rings (SSSR count). The summed E-state index contributed by atoms with van der Waals surface area (Å²) in [5, 5.41) is 1.87. The van der Waals surface area contributed by atoms with Crippen LogP contribution in [0.2, 0.25) is 0 Å². The lowest BCUT2D eigenvalue weighted by Crippen LogP contribution is -2.48. The van der Waals surface area contributed by atoms with Crippen LogP contribution >= 0.6 is 11.3 Å². The minimum absolute atomic E-state index is 0.0281. The number of rotatable bonds is 4. The Morgan fingerprint density at radius 1 is 1.28 bits per heavy atom. The molecule has 1 atom stereocenters. The van der Waals surface area contributed by atoms with Gasteiger partial charge in [0.15, 0.2) is 4.96 Å². The van der Waals surface area contributed by atoms with E-state index in [-0.39, 0.29) is 11.5 Å². The first-order valence-electron chi connectivity index (χ1n) is 8.81. The molecule has 1 aliphatic carbocycles. The Labute approximate surface area is 150 Å². The second kappa shape index (κ2) is 7.09. The van der Waals surface area contributed by atoms with Gasteiger partial charge in [0, 0.05) is 56.8 Å². The van der Waals surface area contributed by atoms with Crippen molar-refractivity contribution in [2.75, 3.05) is 26.2 Å². The van der Waals surface area contributed by atoms with Gasteiger partial charge in [0.05, 0.1) is 5.69 Å². The van der Waals surface area contributed by atoms with Gasteiger partial charge in [0.2, 0.25) is 5.91 Å². The minimum atomic E-state index is -0.0281. The number of carbonyl (C=O) groups is 1. The predicted octanol–water partition coefficient (Wildman–Crippen LogP) is 1.76. The smallest absolute Gasteiger partial charge is 0.258 e. The van der Waals surface area contributed by atoms with E-state index in [9.17, 15) is 9.59 Å². The first-order chi connectivity index (χ1) is 12.2. The topological polar surface area (TPSA) is 57.9 Å². The molecule has 1 unspecified atom stereocenters.